The zero-order valence-corrected chi connectivity index (χ0v) is 13.7. The topological polar surface area (TPSA) is 23.5 Å². The number of aliphatic hydroxyl groups excluding tert-OH is 1. The van der Waals surface area contributed by atoms with Crippen LogP contribution in [-0.4, -0.2) is 29.6 Å². The van der Waals surface area contributed by atoms with Gasteiger partial charge in [0, 0.05) is 0 Å². The van der Waals surface area contributed by atoms with Gasteiger partial charge in [-0.2, -0.15) is 0 Å². The summed E-state index contributed by atoms with van der Waals surface area (Å²) < 4.78 is 0. The fourth-order valence-corrected chi connectivity index (χ4v) is 2.87. The smallest absolute Gasteiger partial charge is 0.0796 e. The zero-order chi connectivity index (χ0) is 15.8. The highest BCUT2D eigenvalue weighted by molar-refractivity contribution is 5.67. The first kappa shape index (κ1) is 16.7. The Labute approximate surface area is 134 Å². The zero-order valence-electron chi connectivity index (χ0n) is 13.7. The van der Waals surface area contributed by atoms with Gasteiger partial charge in [-0.15, -0.1) is 0 Å². The molecule has 1 unspecified atom stereocenters. The van der Waals surface area contributed by atoms with E-state index in [1.54, 1.807) is 0 Å². The lowest BCUT2D eigenvalue weighted by molar-refractivity contribution is 0.157. The van der Waals surface area contributed by atoms with Crippen molar-refractivity contribution in [2.45, 2.75) is 32.8 Å². The van der Waals surface area contributed by atoms with Crippen LogP contribution in [0.3, 0.4) is 0 Å². The molecule has 0 saturated carbocycles. The molecule has 0 saturated heterocycles. The van der Waals surface area contributed by atoms with Crippen LogP contribution in [0.5, 0.6) is 0 Å². The van der Waals surface area contributed by atoms with Gasteiger partial charge in [0.1, 0.15) is 0 Å². The van der Waals surface area contributed by atoms with Crippen LogP contribution in [0.2, 0.25) is 0 Å². The summed E-state index contributed by atoms with van der Waals surface area (Å²) in [6.07, 6.45) is 1.43. The number of hydrogen-bond donors (Lipinski definition) is 1. The molecule has 2 aromatic rings. The molecular weight excluding hydrogens is 270 g/mol. The molecule has 0 spiro atoms. The molecule has 0 radical (unpaired) electrons. The molecule has 0 amide bonds. The summed E-state index contributed by atoms with van der Waals surface area (Å²) in [4.78, 5) is 2.40. The average Bonchev–Trinajstić information content (AvgIpc) is 2.59. The van der Waals surface area contributed by atoms with E-state index in [1.807, 2.05) is 36.4 Å². The first-order valence-electron chi connectivity index (χ1n) is 8.31. The van der Waals surface area contributed by atoms with Crippen LogP contribution in [0.15, 0.2) is 54.6 Å². The van der Waals surface area contributed by atoms with Crippen molar-refractivity contribution in [2.75, 3.05) is 19.6 Å². The Morgan fingerprint density at radius 1 is 0.909 bits per heavy atom. The Kier molecular flexibility index (Phi) is 6.63. The molecule has 22 heavy (non-hydrogen) atoms. The van der Waals surface area contributed by atoms with Gasteiger partial charge in [-0.1, -0.05) is 68.4 Å². The first-order chi connectivity index (χ1) is 10.8. The van der Waals surface area contributed by atoms with Crippen LogP contribution < -0.4 is 0 Å². The highest BCUT2D eigenvalue weighted by atomic mass is 16.3. The maximum absolute atomic E-state index is 10.6. The second-order valence-corrected chi connectivity index (χ2v) is 5.64. The van der Waals surface area contributed by atoms with Crippen molar-refractivity contribution in [1.29, 1.82) is 0 Å². The van der Waals surface area contributed by atoms with Crippen LogP contribution in [0.25, 0.3) is 11.1 Å². The number of aliphatic hydroxyl groups is 1. The van der Waals surface area contributed by atoms with Crippen molar-refractivity contribution in [2.24, 2.45) is 0 Å². The molecule has 0 aromatic heterocycles. The molecule has 2 aromatic carbocycles. The first-order valence-corrected chi connectivity index (χ1v) is 8.31. The Bertz CT molecular complexity index is 549. The van der Waals surface area contributed by atoms with Gasteiger partial charge in [0.2, 0.25) is 0 Å². The summed E-state index contributed by atoms with van der Waals surface area (Å²) in [6, 6.07) is 18.5. The number of rotatable bonds is 8. The molecule has 0 aliphatic carbocycles. The van der Waals surface area contributed by atoms with Gasteiger partial charge in [-0.25, -0.2) is 0 Å². The van der Waals surface area contributed by atoms with Crippen molar-refractivity contribution >= 4 is 0 Å². The van der Waals surface area contributed by atoms with Crippen LogP contribution >= 0.6 is 0 Å². The SMILES string of the molecule is CCN(CC)CCCC(O)c1ccccc1-c1ccccc1. The Morgan fingerprint density at radius 2 is 1.55 bits per heavy atom. The predicted molar refractivity (Wildman–Crippen MR) is 93.9 cm³/mol. The Morgan fingerprint density at radius 3 is 2.23 bits per heavy atom. The fraction of sp³-hybridized carbons (Fsp3) is 0.400. The molecule has 1 atom stereocenters. The molecule has 0 fully saturated rings. The second kappa shape index (κ2) is 8.72. The van der Waals surface area contributed by atoms with E-state index in [9.17, 15) is 5.11 Å². The van der Waals surface area contributed by atoms with Crippen molar-refractivity contribution in [3.05, 3.63) is 60.2 Å². The molecule has 2 nitrogen and oxygen atoms in total. The van der Waals surface area contributed by atoms with E-state index >= 15 is 0 Å². The molecule has 0 aliphatic rings. The molecule has 118 valence electrons. The van der Waals surface area contributed by atoms with Gasteiger partial charge in [-0.3, -0.25) is 0 Å². The lowest BCUT2D eigenvalue weighted by atomic mass is 9.94. The van der Waals surface area contributed by atoms with Crippen molar-refractivity contribution in [3.63, 3.8) is 0 Å². The van der Waals surface area contributed by atoms with Crippen LogP contribution in [0.4, 0.5) is 0 Å². The molecule has 0 heterocycles. The lowest BCUT2D eigenvalue weighted by Crippen LogP contribution is -2.24. The standard InChI is InChI=1S/C20H27NO/c1-3-21(4-2)16-10-15-20(22)19-14-9-8-13-18(19)17-11-6-5-7-12-17/h5-9,11-14,20,22H,3-4,10,15-16H2,1-2H3. The lowest BCUT2D eigenvalue weighted by Gasteiger charge is -2.20. The fourth-order valence-electron chi connectivity index (χ4n) is 2.87. The summed E-state index contributed by atoms with van der Waals surface area (Å²) in [5.41, 5.74) is 3.34. The molecular formula is C20H27NO. The van der Waals surface area contributed by atoms with Gasteiger partial charge in [0.25, 0.3) is 0 Å². The largest absolute Gasteiger partial charge is 0.388 e. The minimum atomic E-state index is -0.396. The molecule has 1 N–H and O–H groups in total. The number of benzene rings is 2. The van der Waals surface area contributed by atoms with E-state index in [4.69, 9.17) is 0 Å². The van der Waals surface area contributed by atoms with Gasteiger partial charge in [0.05, 0.1) is 6.10 Å². The van der Waals surface area contributed by atoms with E-state index in [0.29, 0.717) is 0 Å². The highest BCUT2D eigenvalue weighted by Crippen LogP contribution is 2.30. The third kappa shape index (κ3) is 4.43. The Balaban J connectivity index is 2.06. The molecule has 0 bridgehead atoms. The number of nitrogens with zero attached hydrogens (tertiary/aromatic N) is 1. The summed E-state index contributed by atoms with van der Waals surface area (Å²) in [5, 5.41) is 10.6. The van der Waals surface area contributed by atoms with Crippen LogP contribution in [0, 0.1) is 0 Å². The third-order valence-electron chi connectivity index (χ3n) is 4.25. The summed E-state index contributed by atoms with van der Waals surface area (Å²) in [6.45, 7) is 7.58. The normalized spacial score (nSPS) is 12.5. The highest BCUT2D eigenvalue weighted by Gasteiger charge is 2.13. The second-order valence-electron chi connectivity index (χ2n) is 5.64. The monoisotopic (exact) mass is 297 g/mol. The van der Waals surface area contributed by atoms with E-state index in [0.717, 1.165) is 43.6 Å². The van der Waals surface area contributed by atoms with Crippen LogP contribution in [0.1, 0.15) is 38.4 Å². The van der Waals surface area contributed by atoms with E-state index in [2.05, 4.69) is 36.9 Å². The maximum Gasteiger partial charge on any atom is 0.0796 e. The minimum absolute atomic E-state index is 0.396. The summed E-state index contributed by atoms with van der Waals surface area (Å²) in [7, 11) is 0. The van der Waals surface area contributed by atoms with Crippen molar-refractivity contribution < 1.29 is 5.11 Å². The van der Waals surface area contributed by atoms with E-state index in [1.165, 1.54) is 5.56 Å². The summed E-state index contributed by atoms with van der Waals surface area (Å²) >= 11 is 0. The molecule has 2 heteroatoms. The average molecular weight is 297 g/mol. The quantitative estimate of drug-likeness (QED) is 0.775. The van der Waals surface area contributed by atoms with E-state index in [-0.39, 0.29) is 0 Å². The van der Waals surface area contributed by atoms with Crippen molar-refractivity contribution in [3.8, 4) is 11.1 Å². The Hall–Kier alpha value is -1.64. The van der Waals surface area contributed by atoms with Crippen LogP contribution in [-0.2, 0) is 0 Å². The third-order valence-corrected chi connectivity index (χ3v) is 4.25. The van der Waals surface area contributed by atoms with E-state index < -0.39 is 6.10 Å². The van der Waals surface area contributed by atoms with Gasteiger partial charge >= 0.3 is 0 Å². The summed E-state index contributed by atoms with van der Waals surface area (Å²) in [5.74, 6) is 0. The molecule has 0 aliphatic heterocycles. The maximum atomic E-state index is 10.6. The van der Waals surface area contributed by atoms with Gasteiger partial charge < -0.3 is 10.0 Å². The van der Waals surface area contributed by atoms with Gasteiger partial charge in [-0.05, 0) is 49.2 Å². The van der Waals surface area contributed by atoms with Crippen molar-refractivity contribution in [1.82, 2.24) is 4.90 Å². The molecule has 2 rings (SSSR count). The predicted octanol–water partition coefficient (Wildman–Crippen LogP) is 4.51. The van der Waals surface area contributed by atoms with Gasteiger partial charge in [0.15, 0.2) is 0 Å². The number of hydrogen-bond acceptors (Lipinski definition) is 2. The minimum Gasteiger partial charge on any atom is -0.388 e.